The maximum atomic E-state index is 15.0. The predicted molar refractivity (Wildman–Crippen MR) is 98.9 cm³/mol. The molecule has 200 valence electrons. The van der Waals surface area contributed by atoms with E-state index in [9.17, 15) is 65.9 Å². The van der Waals surface area contributed by atoms with Gasteiger partial charge in [0.1, 0.15) is 5.82 Å². The van der Waals surface area contributed by atoms with Crippen LogP contribution in [-0.4, -0.2) is 0 Å². The Bertz CT molecular complexity index is 1660. The highest BCUT2D eigenvalue weighted by Crippen LogP contribution is 2.44. The van der Waals surface area contributed by atoms with Crippen LogP contribution >= 0.6 is 0 Å². The number of hydrogen-bond donors (Lipinski definition) is 0. The third kappa shape index (κ3) is 3.36. The molecule has 4 aromatic rings. The van der Waals surface area contributed by atoms with Crippen LogP contribution in [-0.2, 0) is 0 Å². The SMILES string of the molecule is Cc1c(F)c(F)c(-c2c(F)c(F)c(-c3c(F)c(F)c4c(F)c(F)c(F)c(F)c4c3F)c(F)c2F)c(F)c1F. The van der Waals surface area contributed by atoms with Crippen LogP contribution in [0.3, 0.4) is 0 Å². The number of rotatable bonds is 2. The van der Waals surface area contributed by atoms with Gasteiger partial charge in [-0.15, -0.1) is 0 Å². The lowest BCUT2D eigenvalue weighted by atomic mass is 9.93. The monoisotopic (exact) mass is 564 g/mol. The van der Waals surface area contributed by atoms with Crippen molar-refractivity contribution in [1.29, 1.82) is 0 Å². The average molecular weight is 564 g/mol. The lowest BCUT2D eigenvalue weighted by Gasteiger charge is -2.17. The molecule has 0 aromatic heterocycles. The van der Waals surface area contributed by atoms with Crippen LogP contribution < -0.4 is 0 Å². The average Bonchev–Trinajstić information content (AvgIpc) is 2.88. The molecule has 0 spiro atoms. The number of benzene rings is 4. The predicted octanol–water partition coefficient (Wildman–Crippen LogP) is 8.57. The van der Waals surface area contributed by atoms with Gasteiger partial charge in [0.05, 0.1) is 33.0 Å². The van der Waals surface area contributed by atoms with Gasteiger partial charge in [-0.2, -0.15) is 0 Å². The maximum Gasteiger partial charge on any atom is 0.198 e. The Labute approximate surface area is 199 Å². The standard InChI is InChI=1S/C23H3F15/c1-2-9(24)12(27)7(13(28)10(2)25)8-18(33)15(30)5(16(31)19(8)34)3-11(26)4-6(17(32)14(3)29)21(36)23(38)22(37)20(4)35/h1H3. The molecule has 0 aliphatic rings. The molecule has 0 aliphatic heterocycles. The van der Waals surface area contributed by atoms with Crippen molar-refractivity contribution in [2.45, 2.75) is 6.92 Å². The Kier molecular flexibility index (Phi) is 6.31. The topological polar surface area (TPSA) is 0 Å². The minimum atomic E-state index is -2.97. The van der Waals surface area contributed by atoms with Crippen molar-refractivity contribution in [3.8, 4) is 22.3 Å². The fourth-order valence-corrected chi connectivity index (χ4v) is 3.74. The van der Waals surface area contributed by atoms with E-state index in [-0.39, 0.29) is 0 Å². The molecule has 0 N–H and O–H groups in total. The maximum absolute atomic E-state index is 15.0. The van der Waals surface area contributed by atoms with Crippen LogP contribution in [0.25, 0.3) is 33.0 Å². The zero-order valence-corrected chi connectivity index (χ0v) is 17.7. The second-order valence-electron chi connectivity index (χ2n) is 7.58. The van der Waals surface area contributed by atoms with Gasteiger partial charge in [-0.1, -0.05) is 0 Å². The van der Waals surface area contributed by atoms with Crippen LogP contribution in [0.15, 0.2) is 0 Å². The summed E-state index contributed by atoms with van der Waals surface area (Å²) in [5, 5.41) is -4.51. The molecule has 0 nitrogen and oxygen atoms in total. The van der Waals surface area contributed by atoms with Gasteiger partial charge in [0.15, 0.2) is 81.4 Å². The van der Waals surface area contributed by atoms with E-state index in [0.717, 1.165) is 0 Å². The number of fused-ring (bicyclic) bond motifs is 1. The third-order valence-corrected chi connectivity index (χ3v) is 5.58. The minimum Gasteiger partial charge on any atom is -0.205 e. The molecular weight excluding hydrogens is 561 g/mol. The summed E-state index contributed by atoms with van der Waals surface area (Å²) < 4.78 is 215. The number of halogens is 15. The lowest BCUT2D eigenvalue weighted by Crippen LogP contribution is -2.11. The molecule has 0 fully saturated rings. The van der Waals surface area contributed by atoms with E-state index < -0.39 is 126 Å². The Morgan fingerprint density at radius 3 is 0.789 bits per heavy atom. The van der Waals surface area contributed by atoms with Crippen molar-refractivity contribution in [3.05, 3.63) is 92.8 Å². The van der Waals surface area contributed by atoms with E-state index in [4.69, 9.17) is 0 Å². The molecule has 0 saturated carbocycles. The van der Waals surface area contributed by atoms with Crippen molar-refractivity contribution in [3.63, 3.8) is 0 Å². The summed E-state index contributed by atoms with van der Waals surface area (Å²) >= 11 is 0. The van der Waals surface area contributed by atoms with Crippen molar-refractivity contribution in [1.82, 2.24) is 0 Å². The lowest BCUT2D eigenvalue weighted by molar-refractivity contribution is 0.412. The minimum absolute atomic E-state index is 0.480. The molecule has 15 heteroatoms. The Morgan fingerprint density at radius 2 is 0.447 bits per heavy atom. The quantitative estimate of drug-likeness (QED) is 0.130. The fourth-order valence-electron chi connectivity index (χ4n) is 3.74. The van der Waals surface area contributed by atoms with Crippen LogP contribution in [0.5, 0.6) is 0 Å². The molecule has 0 atom stereocenters. The van der Waals surface area contributed by atoms with Crippen LogP contribution in [0, 0.1) is 94.2 Å². The first-order valence-electron chi connectivity index (χ1n) is 9.58. The van der Waals surface area contributed by atoms with Gasteiger partial charge in [-0.3, -0.25) is 0 Å². The normalized spacial score (nSPS) is 11.7. The summed E-state index contributed by atoms with van der Waals surface area (Å²) in [6, 6.07) is 0. The molecule has 0 saturated heterocycles. The van der Waals surface area contributed by atoms with Crippen LogP contribution in [0.1, 0.15) is 5.56 Å². The summed E-state index contributed by atoms with van der Waals surface area (Å²) in [7, 11) is 0. The van der Waals surface area contributed by atoms with E-state index >= 15 is 0 Å². The molecule has 0 heterocycles. The van der Waals surface area contributed by atoms with Crippen LogP contribution in [0.4, 0.5) is 65.9 Å². The van der Waals surface area contributed by atoms with E-state index in [1.54, 1.807) is 0 Å². The second-order valence-corrected chi connectivity index (χ2v) is 7.58. The molecule has 4 rings (SSSR count). The molecule has 0 radical (unpaired) electrons. The van der Waals surface area contributed by atoms with E-state index in [0.29, 0.717) is 6.92 Å². The molecular formula is C23H3F15. The van der Waals surface area contributed by atoms with Gasteiger partial charge in [-0.05, 0) is 6.92 Å². The van der Waals surface area contributed by atoms with Gasteiger partial charge in [0.2, 0.25) is 0 Å². The summed E-state index contributed by atoms with van der Waals surface area (Å²) in [6.07, 6.45) is 0. The molecule has 4 aromatic carbocycles. The molecule has 38 heavy (non-hydrogen) atoms. The summed E-state index contributed by atoms with van der Waals surface area (Å²) in [5.41, 5.74) is -11.2. The van der Waals surface area contributed by atoms with Crippen molar-refractivity contribution in [2.24, 2.45) is 0 Å². The van der Waals surface area contributed by atoms with Crippen molar-refractivity contribution < 1.29 is 65.9 Å². The van der Waals surface area contributed by atoms with E-state index in [1.807, 2.05) is 0 Å². The van der Waals surface area contributed by atoms with Crippen molar-refractivity contribution in [2.75, 3.05) is 0 Å². The smallest absolute Gasteiger partial charge is 0.198 e. The zero-order chi connectivity index (χ0) is 28.7. The molecule has 0 bridgehead atoms. The van der Waals surface area contributed by atoms with E-state index in [1.165, 1.54) is 0 Å². The summed E-state index contributed by atoms with van der Waals surface area (Å²) in [4.78, 5) is 0. The highest BCUT2D eigenvalue weighted by Gasteiger charge is 2.38. The van der Waals surface area contributed by atoms with Crippen molar-refractivity contribution >= 4 is 10.8 Å². The largest absolute Gasteiger partial charge is 0.205 e. The fraction of sp³-hybridized carbons (Fsp3) is 0.0435. The summed E-state index contributed by atoms with van der Waals surface area (Å²) in [5.74, 6) is -40.9. The first kappa shape index (κ1) is 27.1. The first-order valence-corrected chi connectivity index (χ1v) is 9.58. The number of hydrogen-bond acceptors (Lipinski definition) is 0. The highest BCUT2D eigenvalue weighted by molar-refractivity contribution is 5.91. The zero-order valence-electron chi connectivity index (χ0n) is 17.7. The van der Waals surface area contributed by atoms with Gasteiger partial charge >= 0.3 is 0 Å². The Hall–Kier alpha value is -3.91. The third-order valence-electron chi connectivity index (χ3n) is 5.58. The highest BCUT2D eigenvalue weighted by atomic mass is 19.2. The van der Waals surface area contributed by atoms with Gasteiger partial charge in [0.25, 0.3) is 0 Å². The second kappa shape index (κ2) is 8.84. The molecule has 0 unspecified atom stereocenters. The van der Waals surface area contributed by atoms with Gasteiger partial charge in [-0.25, -0.2) is 65.9 Å². The Balaban J connectivity index is 2.19. The van der Waals surface area contributed by atoms with E-state index in [2.05, 4.69) is 0 Å². The van der Waals surface area contributed by atoms with Crippen LogP contribution in [0.2, 0.25) is 0 Å². The Morgan fingerprint density at radius 1 is 0.237 bits per heavy atom. The summed E-state index contributed by atoms with van der Waals surface area (Å²) in [6.45, 7) is 0.480. The van der Waals surface area contributed by atoms with Gasteiger partial charge < -0.3 is 0 Å². The van der Waals surface area contributed by atoms with Gasteiger partial charge in [0, 0.05) is 5.56 Å². The first-order chi connectivity index (χ1) is 17.6. The molecule has 0 aliphatic carbocycles. The molecule has 0 amide bonds.